The molecule has 0 radical (unpaired) electrons. The maximum absolute atomic E-state index is 13.8. The Labute approximate surface area is 212 Å². The zero-order chi connectivity index (χ0) is 24.0. The van der Waals surface area contributed by atoms with Gasteiger partial charge in [0.2, 0.25) is 5.91 Å². The van der Waals surface area contributed by atoms with E-state index >= 15 is 0 Å². The highest BCUT2D eigenvalue weighted by Gasteiger charge is 2.59. The summed E-state index contributed by atoms with van der Waals surface area (Å²) in [6.07, 6.45) is 0. The van der Waals surface area contributed by atoms with Gasteiger partial charge in [0, 0.05) is 27.0 Å². The van der Waals surface area contributed by atoms with Gasteiger partial charge in [-0.3, -0.25) is 9.69 Å². The van der Waals surface area contributed by atoms with E-state index in [1.165, 1.54) is 0 Å². The van der Waals surface area contributed by atoms with Crippen LogP contribution in [0.4, 0.5) is 11.4 Å². The fourth-order valence-corrected chi connectivity index (χ4v) is 5.29. The minimum atomic E-state index is -1.13. The Morgan fingerprint density at radius 1 is 1.09 bits per heavy atom. The molecule has 2 aliphatic heterocycles. The average Bonchev–Trinajstić information content (AvgIpc) is 2.81. The molecule has 0 spiro atoms. The molecule has 34 heavy (non-hydrogen) atoms. The number of amides is 1. The zero-order valence-electron chi connectivity index (χ0n) is 18.3. The molecule has 1 saturated heterocycles. The largest absolute Gasteiger partial charge is 0.497 e. The van der Waals surface area contributed by atoms with Gasteiger partial charge in [0.05, 0.1) is 13.2 Å². The van der Waals surface area contributed by atoms with Gasteiger partial charge in [0.15, 0.2) is 10.8 Å². The van der Waals surface area contributed by atoms with E-state index in [0.29, 0.717) is 32.3 Å². The highest BCUT2D eigenvalue weighted by atomic mass is 35.5. The molecule has 2 N–H and O–H groups in total. The number of halogens is 2. The summed E-state index contributed by atoms with van der Waals surface area (Å²) in [6.45, 7) is 1.88. The van der Waals surface area contributed by atoms with Crippen LogP contribution in [0.3, 0.4) is 0 Å². The molecule has 6 nitrogen and oxygen atoms in total. The first-order valence-corrected chi connectivity index (χ1v) is 11.8. The molecular formula is C25H21Cl2N3O3S. The van der Waals surface area contributed by atoms with Crippen LogP contribution in [0.25, 0.3) is 0 Å². The van der Waals surface area contributed by atoms with Gasteiger partial charge in [-0.05, 0) is 85.9 Å². The van der Waals surface area contributed by atoms with Crippen LogP contribution in [-0.2, 0) is 4.79 Å². The number of hydrogen-bond donors (Lipinski definition) is 2. The number of carbonyl (C=O) groups is 1. The number of methoxy groups -OCH3 is 1. The van der Waals surface area contributed by atoms with Crippen LogP contribution in [0.15, 0.2) is 66.7 Å². The first-order valence-electron chi connectivity index (χ1n) is 10.6. The number of anilines is 2. The first kappa shape index (κ1) is 22.8. The number of carbonyl (C=O) groups excluding carboxylic acids is 1. The topological polar surface area (TPSA) is 62.8 Å². The Morgan fingerprint density at radius 2 is 1.74 bits per heavy atom. The lowest BCUT2D eigenvalue weighted by atomic mass is 9.78. The van der Waals surface area contributed by atoms with Gasteiger partial charge in [-0.25, -0.2) is 0 Å². The summed E-state index contributed by atoms with van der Waals surface area (Å²) in [4.78, 5) is 15.6. The molecule has 3 aromatic carbocycles. The van der Waals surface area contributed by atoms with Crippen LogP contribution < -0.4 is 25.0 Å². The second-order valence-corrected chi connectivity index (χ2v) is 9.53. The molecule has 3 atom stereocenters. The molecule has 0 aromatic heterocycles. The first-order chi connectivity index (χ1) is 16.3. The third kappa shape index (κ3) is 3.83. The van der Waals surface area contributed by atoms with E-state index in [9.17, 15) is 4.79 Å². The zero-order valence-corrected chi connectivity index (χ0v) is 20.7. The van der Waals surface area contributed by atoms with Crippen molar-refractivity contribution in [3.8, 4) is 11.5 Å². The molecule has 2 heterocycles. The lowest BCUT2D eigenvalue weighted by molar-refractivity contribution is -0.130. The van der Waals surface area contributed by atoms with E-state index in [4.69, 9.17) is 44.9 Å². The second kappa shape index (κ2) is 8.65. The molecule has 0 saturated carbocycles. The van der Waals surface area contributed by atoms with Crippen LogP contribution in [-0.4, -0.2) is 23.9 Å². The highest BCUT2D eigenvalue weighted by molar-refractivity contribution is 7.80. The molecule has 5 rings (SSSR count). The van der Waals surface area contributed by atoms with Crippen molar-refractivity contribution in [3.63, 3.8) is 0 Å². The number of rotatable bonds is 4. The summed E-state index contributed by atoms with van der Waals surface area (Å²) in [5.41, 5.74) is 1.06. The minimum absolute atomic E-state index is 0.225. The third-order valence-electron chi connectivity index (χ3n) is 6.18. The number of ether oxygens (including phenoxy) is 2. The number of fused-ring (bicyclic) bond motifs is 4. The maximum Gasteiger partial charge on any atom is 0.236 e. The van der Waals surface area contributed by atoms with Gasteiger partial charge in [0.25, 0.3) is 0 Å². The van der Waals surface area contributed by atoms with Crippen molar-refractivity contribution < 1.29 is 14.3 Å². The van der Waals surface area contributed by atoms with Crippen molar-refractivity contribution in [1.29, 1.82) is 0 Å². The van der Waals surface area contributed by atoms with Gasteiger partial charge in [-0.15, -0.1) is 0 Å². The Balaban J connectivity index is 1.62. The standard InChI is InChI=1S/C25H21Cl2N3O3S/c1-25-21(23(31)28-16-7-3-14(26)4-8-16)22(19-13-18(32-2)11-12-20(19)33-25)29-24(34)30(25)17-9-5-15(27)6-10-17/h3-13,21-22H,1-2H3,(H,28,31)(H,29,34). The Hall–Kier alpha value is -3.00. The lowest BCUT2D eigenvalue weighted by Crippen LogP contribution is -2.72. The summed E-state index contributed by atoms with van der Waals surface area (Å²) >= 11 is 17.9. The van der Waals surface area contributed by atoms with Crippen LogP contribution in [0.5, 0.6) is 11.5 Å². The van der Waals surface area contributed by atoms with E-state index < -0.39 is 17.7 Å². The summed E-state index contributed by atoms with van der Waals surface area (Å²) in [7, 11) is 1.60. The molecular weight excluding hydrogens is 493 g/mol. The van der Waals surface area contributed by atoms with Crippen molar-refractivity contribution >= 4 is 57.8 Å². The summed E-state index contributed by atoms with van der Waals surface area (Å²) in [6, 6.07) is 19.3. The van der Waals surface area contributed by atoms with E-state index in [1.54, 1.807) is 43.5 Å². The van der Waals surface area contributed by atoms with E-state index in [1.807, 2.05) is 42.2 Å². The van der Waals surface area contributed by atoms with Gasteiger partial charge in [0.1, 0.15) is 17.4 Å². The maximum atomic E-state index is 13.8. The Morgan fingerprint density at radius 3 is 2.38 bits per heavy atom. The molecule has 1 fully saturated rings. The summed E-state index contributed by atoms with van der Waals surface area (Å²) in [5, 5.41) is 8.01. The molecule has 174 valence electrons. The van der Waals surface area contributed by atoms with Crippen molar-refractivity contribution in [3.05, 3.63) is 82.3 Å². The van der Waals surface area contributed by atoms with E-state index in [-0.39, 0.29) is 5.91 Å². The quantitative estimate of drug-likeness (QED) is 0.429. The van der Waals surface area contributed by atoms with Crippen molar-refractivity contribution in [2.24, 2.45) is 5.92 Å². The Kier molecular flexibility index (Phi) is 5.80. The summed E-state index contributed by atoms with van der Waals surface area (Å²) < 4.78 is 12.0. The van der Waals surface area contributed by atoms with Crippen molar-refractivity contribution in [2.75, 3.05) is 17.3 Å². The van der Waals surface area contributed by atoms with E-state index in [0.717, 1.165) is 11.3 Å². The lowest BCUT2D eigenvalue weighted by Gasteiger charge is -2.56. The van der Waals surface area contributed by atoms with Gasteiger partial charge in [-0.1, -0.05) is 23.2 Å². The van der Waals surface area contributed by atoms with Gasteiger partial charge >= 0.3 is 0 Å². The number of benzene rings is 3. The van der Waals surface area contributed by atoms with Crippen LogP contribution >= 0.6 is 35.4 Å². The molecule has 9 heteroatoms. The van der Waals surface area contributed by atoms with Crippen LogP contribution in [0.2, 0.25) is 10.0 Å². The number of nitrogens with one attached hydrogen (secondary N) is 2. The van der Waals surface area contributed by atoms with Gasteiger partial charge < -0.3 is 20.1 Å². The van der Waals surface area contributed by atoms with Crippen molar-refractivity contribution in [2.45, 2.75) is 18.7 Å². The molecule has 2 aliphatic rings. The second-order valence-electron chi connectivity index (χ2n) is 8.27. The molecule has 3 aromatic rings. The monoisotopic (exact) mass is 513 g/mol. The SMILES string of the molecule is COc1ccc2c(c1)C1NC(=S)N(c3ccc(Cl)cc3)C(C)(O2)C1C(=O)Nc1ccc(Cl)cc1. The molecule has 1 amide bonds. The van der Waals surface area contributed by atoms with Crippen molar-refractivity contribution in [1.82, 2.24) is 5.32 Å². The normalized spacial score (nSPS) is 22.8. The van der Waals surface area contributed by atoms with E-state index in [2.05, 4.69) is 10.6 Å². The fraction of sp³-hybridized carbons (Fsp3) is 0.200. The molecule has 0 aliphatic carbocycles. The highest BCUT2D eigenvalue weighted by Crippen LogP contribution is 2.50. The van der Waals surface area contributed by atoms with Crippen LogP contribution in [0.1, 0.15) is 18.5 Å². The third-order valence-corrected chi connectivity index (χ3v) is 6.99. The smallest absolute Gasteiger partial charge is 0.236 e. The van der Waals surface area contributed by atoms with Crippen LogP contribution in [0, 0.1) is 5.92 Å². The number of thiocarbonyl (C=S) groups is 1. The van der Waals surface area contributed by atoms with Gasteiger partial charge in [-0.2, -0.15) is 0 Å². The predicted molar refractivity (Wildman–Crippen MR) is 138 cm³/mol. The average molecular weight is 514 g/mol. The predicted octanol–water partition coefficient (Wildman–Crippen LogP) is 5.80. The number of hydrogen-bond acceptors (Lipinski definition) is 4. The molecule has 3 unspecified atom stereocenters. The minimum Gasteiger partial charge on any atom is -0.497 e. The number of nitrogens with zero attached hydrogens (tertiary/aromatic N) is 1. The fourth-order valence-electron chi connectivity index (χ4n) is 4.62. The molecule has 2 bridgehead atoms. The summed E-state index contributed by atoms with van der Waals surface area (Å²) in [5.74, 6) is 0.413. The Bertz CT molecular complexity index is 1270.